The zero-order chi connectivity index (χ0) is 8.43. The van der Waals surface area contributed by atoms with Gasteiger partial charge in [-0.25, -0.2) is 0 Å². The highest BCUT2D eigenvalue weighted by molar-refractivity contribution is 6.29. The lowest BCUT2D eigenvalue weighted by Gasteiger charge is -2.00. The summed E-state index contributed by atoms with van der Waals surface area (Å²) in [7, 11) is 0. The van der Waals surface area contributed by atoms with Crippen molar-refractivity contribution in [2.75, 3.05) is 5.73 Å². The Balaban J connectivity index is 3.37. The first-order valence-electron chi connectivity index (χ1n) is 3.02. The number of hydrogen-bond acceptors (Lipinski definition) is 3. The van der Waals surface area contributed by atoms with Gasteiger partial charge in [-0.1, -0.05) is 11.6 Å². The maximum atomic E-state index is 11.0. The van der Waals surface area contributed by atoms with Gasteiger partial charge in [0, 0.05) is 12.2 Å². The Bertz CT molecular complexity index is 320. The number of aromatic amines is 1. The Morgan fingerprint density at radius 3 is 2.73 bits per heavy atom. The van der Waals surface area contributed by atoms with Crippen molar-refractivity contribution in [1.29, 1.82) is 0 Å². The summed E-state index contributed by atoms with van der Waals surface area (Å²) in [5.74, 6) is 0. The third kappa shape index (κ3) is 1.53. The fraction of sp³-hybridized carbons (Fsp3) is 0.167. The van der Waals surface area contributed by atoms with Gasteiger partial charge in [0.25, 0.3) is 5.56 Å². The fourth-order valence-electron chi connectivity index (χ4n) is 0.785. The summed E-state index contributed by atoms with van der Waals surface area (Å²) in [6.07, 6.45) is 0. The second-order valence-electron chi connectivity index (χ2n) is 2.08. The Kier molecular flexibility index (Phi) is 2.16. The molecule has 0 saturated heterocycles. The molecule has 0 bridgehead atoms. The van der Waals surface area contributed by atoms with E-state index in [1.165, 1.54) is 6.07 Å². The van der Waals surface area contributed by atoms with Crippen LogP contribution in [0.25, 0.3) is 0 Å². The van der Waals surface area contributed by atoms with Crippen LogP contribution in [0.4, 0.5) is 5.69 Å². The first kappa shape index (κ1) is 8.10. The third-order valence-electron chi connectivity index (χ3n) is 1.34. The quantitative estimate of drug-likeness (QED) is 0.526. The summed E-state index contributed by atoms with van der Waals surface area (Å²) < 4.78 is 0. The van der Waals surface area contributed by atoms with Crippen molar-refractivity contribution in [1.82, 2.24) is 4.98 Å². The van der Waals surface area contributed by atoms with Gasteiger partial charge in [-0.05, 0) is 6.07 Å². The molecule has 0 unspecified atom stereocenters. The molecule has 4 nitrogen and oxygen atoms in total. The number of pyridine rings is 1. The maximum Gasteiger partial charge on any atom is 0.255 e. The number of aromatic nitrogens is 1. The Morgan fingerprint density at radius 2 is 2.27 bits per heavy atom. The smallest absolute Gasteiger partial charge is 0.255 e. The lowest BCUT2D eigenvalue weighted by Crippen LogP contribution is -2.18. The molecule has 0 fully saturated rings. The van der Waals surface area contributed by atoms with Crippen molar-refractivity contribution in [3.05, 3.63) is 27.1 Å². The summed E-state index contributed by atoms with van der Waals surface area (Å²) in [5, 5.41) is 0.227. The van der Waals surface area contributed by atoms with Gasteiger partial charge in [-0.3, -0.25) is 4.79 Å². The average molecular weight is 174 g/mol. The highest BCUT2D eigenvalue weighted by Crippen LogP contribution is 2.09. The molecule has 0 saturated carbocycles. The van der Waals surface area contributed by atoms with Crippen LogP contribution in [-0.2, 0) is 6.54 Å². The zero-order valence-corrected chi connectivity index (χ0v) is 6.48. The first-order chi connectivity index (χ1) is 5.15. The van der Waals surface area contributed by atoms with E-state index in [4.69, 9.17) is 23.1 Å². The molecule has 0 aliphatic carbocycles. The number of nitrogens with two attached hydrogens (primary N) is 2. The number of H-pyrrole nitrogens is 1. The van der Waals surface area contributed by atoms with Crippen LogP contribution >= 0.6 is 11.6 Å². The molecular weight excluding hydrogens is 166 g/mol. The Morgan fingerprint density at radius 1 is 1.64 bits per heavy atom. The summed E-state index contributed by atoms with van der Waals surface area (Å²) >= 11 is 5.50. The molecule has 0 aliphatic rings. The predicted molar refractivity (Wildman–Crippen MR) is 44.4 cm³/mol. The monoisotopic (exact) mass is 173 g/mol. The molecule has 5 N–H and O–H groups in total. The van der Waals surface area contributed by atoms with Crippen molar-refractivity contribution in [3.8, 4) is 0 Å². The number of anilines is 1. The molecular formula is C6H8ClN3O. The molecule has 0 aromatic carbocycles. The largest absolute Gasteiger partial charge is 0.398 e. The van der Waals surface area contributed by atoms with Crippen LogP contribution in [0, 0.1) is 0 Å². The SMILES string of the molecule is NCc1c(N)cc(Cl)[nH]c1=O. The molecule has 0 amide bonds. The van der Waals surface area contributed by atoms with E-state index in [1.54, 1.807) is 0 Å². The van der Waals surface area contributed by atoms with E-state index in [0.29, 0.717) is 11.3 Å². The van der Waals surface area contributed by atoms with Crippen LogP contribution in [0.5, 0.6) is 0 Å². The van der Waals surface area contributed by atoms with E-state index >= 15 is 0 Å². The van der Waals surface area contributed by atoms with Gasteiger partial charge in [-0.2, -0.15) is 0 Å². The van der Waals surface area contributed by atoms with Crippen molar-refractivity contribution in [2.45, 2.75) is 6.54 Å². The summed E-state index contributed by atoms with van der Waals surface area (Å²) in [6, 6.07) is 1.46. The number of nitrogens with one attached hydrogen (secondary N) is 1. The number of rotatable bonds is 1. The van der Waals surface area contributed by atoms with Crippen LogP contribution in [0.1, 0.15) is 5.56 Å². The van der Waals surface area contributed by atoms with E-state index < -0.39 is 0 Å². The molecule has 1 aromatic rings. The van der Waals surface area contributed by atoms with E-state index in [9.17, 15) is 4.79 Å². The van der Waals surface area contributed by atoms with Gasteiger partial charge in [0.05, 0.1) is 5.56 Å². The molecule has 0 radical (unpaired) electrons. The van der Waals surface area contributed by atoms with Crippen LogP contribution in [0.15, 0.2) is 10.9 Å². The highest BCUT2D eigenvalue weighted by atomic mass is 35.5. The van der Waals surface area contributed by atoms with Crippen LogP contribution in [-0.4, -0.2) is 4.98 Å². The van der Waals surface area contributed by atoms with Crippen molar-refractivity contribution in [2.24, 2.45) is 5.73 Å². The average Bonchev–Trinajstić information content (AvgIpc) is 1.85. The second-order valence-corrected chi connectivity index (χ2v) is 2.49. The van der Waals surface area contributed by atoms with Crippen LogP contribution < -0.4 is 17.0 Å². The van der Waals surface area contributed by atoms with Gasteiger partial charge >= 0.3 is 0 Å². The number of hydrogen-bond donors (Lipinski definition) is 3. The second kappa shape index (κ2) is 2.94. The zero-order valence-electron chi connectivity index (χ0n) is 5.73. The van der Waals surface area contributed by atoms with Crippen molar-refractivity contribution >= 4 is 17.3 Å². The molecule has 0 atom stereocenters. The van der Waals surface area contributed by atoms with Crippen LogP contribution in [0.2, 0.25) is 5.15 Å². The van der Waals surface area contributed by atoms with Crippen molar-refractivity contribution < 1.29 is 0 Å². The molecule has 1 heterocycles. The normalized spacial score (nSPS) is 10.0. The van der Waals surface area contributed by atoms with Gasteiger partial charge < -0.3 is 16.5 Å². The predicted octanol–water partition coefficient (Wildman–Crippen LogP) is 0.0692. The van der Waals surface area contributed by atoms with Gasteiger partial charge in [0.2, 0.25) is 0 Å². The first-order valence-corrected chi connectivity index (χ1v) is 3.40. The molecule has 0 aliphatic heterocycles. The lowest BCUT2D eigenvalue weighted by molar-refractivity contribution is 1.02. The Hall–Kier alpha value is -1.00. The standard InChI is InChI=1S/C6H8ClN3O/c7-5-1-4(9)3(2-8)6(11)10-5/h1H,2,8H2,(H3,9,10,11). The molecule has 11 heavy (non-hydrogen) atoms. The maximum absolute atomic E-state index is 11.0. The van der Waals surface area contributed by atoms with Crippen LogP contribution in [0.3, 0.4) is 0 Å². The number of halogens is 1. The lowest BCUT2D eigenvalue weighted by atomic mass is 10.2. The fourth-order valence-corrected chi connectivity index (χ4v) is 0.989. The summed E-state index contributed by atoms with van der Waals surface area (Å²) in [5.41, 5.74) is 11.1. The minimum absolute atomic E-state index is 0.123. The minimum atomic E-state index is -0.322. The minimum Gasteiger partial charge on any atom is -0.398 e. The van der Waals surface area contributed by atoms with E-state index in [1.807, 2.05) is 0 Å². The van der Waals surface area contributed by atoms with Gasteiger partial charge in [-0.15, -0.1) is 0 Å². The van der Waals surface area contributed by atoms with E-state index in [0.717, 1.165) is 0 Å². The summed E-state index contributed by atoms with van der Waals surface area (Å²) in [4.78, 5) is 13.4. The molecule has 1 aromatic heterocycles. The van der Waals surface area contributed by atoms with E-state index in [-0.39, 0.29) is 17.3 Å². The number of nitrogen functional groups attached to an aromatic ring is 1. The van der Waals surface area contributed by atoms with Gasteiger partial charge in [0.15, 0.2) is 0 Å². The molecule has 1 rings (SSSR count). The molecule has 5 heteroatoms. The van der Waals surface area contributed by atoms with E-state index in [2.05, 4.69) is 4.98 Å². The Labute approximate surface area is 68.2 Å². The highest BCUT2D eigenvalue weighted by Gasteiger charge is 2.02. The molecule has 0 spiro atoms. The third-order valence-corrected chi connectivity index (χ3v) is 1.55. The molecule has 60 valence electrons. The van der Waals surface area contributed by atoms with Crippen molar-refractivity contribution in [3.63, 3.8) is 0 Å². The topological polar surface area (TPSA) is 84.9 Å². The van der Waals surface area contributed by atoms with Gasteiger partial charge in [0.1, 0.15) is 5.15 Å². The summed E-state index contributed by atoms with van der Waals surface area (Å²) in [6.45, 7) is 0.123.